The van der Waals surface area contributed by atoms with Gasteiger partial charge >= 0.3 is 5.97 Å². The van der Waals surface area contributed by atoms with Gasteiger partial charge in [0.1, 0.15) is 12.2 Å². The first-order valence-corrected chi connectivity index (χ1v) is 12.0. The van der Waals surface area contributed by atoms with Gasteiger partial charge < -0.3 is 24.1 Å². The Balaban J connectivity index is 1.63. The molecule has 1 aliphatic heterocycles. The molecule has 1 saturated heterocycles. The first kappa shape index (κ1) is 25.4. The van der Waals surface area contributed by atoms with Crippen LogP contribution in [0.5, 0.6) is 0 Å². The van der Waals surface area contributed by atoms with Crippen molar-refractivity contribution in [1.82, 2.24) is 0 Å². The average molecular weight is 457 g/mol. The van der Waals surface area contributed by atoms with Gasteiger partial charge in [0.15, 0.2) is 12.4 Å². The van der Waals surface area contributed by atoms with E-state index in [1.807, 2.05) is 36.4 Å². The molecule has 1 heterocycles. The van der Waals surface area contributed by atoms with E-state index in [-0.39, 0.29) is 6.61 Å². The molecule has 0 unspecified atom stereocenters. The highest BCUT2D eigenvalue weighted by atomic mass is 16.7. The van der Waals surface area contributed by atoms with Crippen molar-refractivity contribution >= 4 is 5.97 Å². The van der Waals surface area contributed by atoms with E-state index in [4.69, 9.17) is 18.9 Å². The first-order chi connectivity index (χ1) is 16.2. The van der Waals surface area contributed by atoms with Crippen LogP contribution < -0.4 is 0 Å². The van der Waals surface area contributed by atoms with E-state index < -0.39 is 30.6 Å². The van der Waals surface area contributed by atoms with Crippen LogP contribution >= 0.6 is 0 Å². The second kappa shape index (κ2) is 14.1. The number of carbonyl (C=O) groups is 1. The standard InChI is InChI=1S/C27H36O6/c1-2-3-4-5-6-13-18-30-27-25(33-26(29)22-16-11-8-12-17-22)24(23(19-28)32-27)31-20-21-14-9-7-10-15-21/h7-12,14-17,23-25,27-28H,2-6,13,18-20H2,1H3/t23-,24-,25+,27+/m1/s1. The van der Waals surface area contributed by atoms with Crippen LogP contribution in [-0.2, 0) is 25.6 Å². The van der Waals surface area contributed by atoms with Gasteiger partial charge in [0.25, 0.3) is 0 Å². The van der Waals surface area contributed by atoms with Crippen molar-refractivity contribution < 1.29 is 28.8 Å². The lowest BCUT2D eigenvalue weighted by Gasteiger charge is -2.24. The molecule has 6 nitrogen and oxygen atoms in total. The SMILES string of the molecule is CCCCCCCCO[C@H]1O[C@H](CO)[C@@H](OCc2ccccc2)[C@@H]1OC(=O)c1ccccc1. The van der Waals surface area contributed by atoms with Crippen molar-refractivity contribution in [2.45, 2.75) is 76.7 Å². The maximum atomic E-state index is 12.8. The Bertz CT molecular complexity index is 797. The highest BCUT2D eigenvalue weighted by Gasteiger charge is 2.48. The first-order valence-electron chi connectivity index (χ1n) is 12.0. The molecule has 0 aliphatic carbocycles. The summed E-state index contributed by atoms with van der Waals surface area (Å²) in [5.74, 6) is -0.468. The van der Waals surface area contributed by atoms with Gasteiger partial charge in [-0.15, -0.1) is 0 Å². The summed E-state index contributed by atoms with van der Waals surface area (Å²) in [6.07, 6.45) is 4.02. The summed E-state index contributed by atoms with van der Waals surface area (Å²) < 4.78 is 23.8. The summed E-state index contributed by atoms with van der Waals surface area (Å²) in [4.78, 5) is 12.8. The minimum absolute atomic E-state index is 0.254. The summed E-state index contributed by atoms with van der Waals surface area (Å²) in [6, 6.07) is 18.6. The van der Waals surface area contributed by atoms with E-state index in [9.17, 15) is 9.90 Å². The molecular formula is C27H36O6. The van der Waals surface area contributed by atoms with E-state index >= 15 is 0 Å². The molecule has 0 radical (unpaired) electrons. The lowest BCUT2D eigenvalue weighted by molar-refractivity contribution is -0.170. The van der Waals surface area contributed by atoms with Crippen LogP contribution in [-0.4, -0.2) is 48.9 Å². The average Bonchev–Trinajstić information content (AvgIpc) is 3.19. The Morgan fingerprint density at radius 1 is 0.879 bits per heavy atom. The van der Waals surface area contributed by atoms with Gasteiger partial charge in [-0.1, -0.05) is 87.6 Å². The summed E-state index contributed by atoms with van der Waals surface area (Å²) in [5, 5.41) is 9.91. The molecule has 1 fully saturated rings. The molecule has 6 heteroatoms. The van der Waals surface area contributed by atoms with Crippen LogP contribution in [0, 0.1) is 0 Å². The molecule has 0 spiro atoms. The Kier molecular flexibility index (Phi) is 10.8. The van der Waals surface area contributed by atoms with Crippen LogP contribution in [0.25, 0.3) is 0 Å². The number of hydrogen-bond acceptors (Lipinski definition) is 6. The second-order valence-electron chi connectivity index (χ2n) is 8.36. The lowest BCUT2D eigenvalue weighted by atomic mass is 10.1. The van der Waals surface area contributed by atoms with Crippen molar-refractivity contribution in [3.05, 3.63) is 71.8 Å². The smallest absolute Gasteiger partial charge is 0.338 e. The van der Waals surface area contributed by atoms with Gasteiger partial charge in [0.2, 0.25) is 0 Å². The number of benzene rings is 2. The fourth-order valence-electron chi connectivity index (χ4n) is 3.91. The fourth-order valence-corrected chi connectivity index (χ4v) is 3.91. The maximum Gasteiger partial charge on any atom is 0.338 e. The predicted octanol–water partition coefficient (Wildman–Crippen LogP) is 4.89. The summed E-state index contributed by atoms with van der Waals surface area (Å²) in [7, 11) is 0. The van der Waals surface area contributed by atoms with Crippen molar-refractivity contribution in [2.75, 3.05) is 13.2 Å². The number of esters is 1. The number of aliphatic hydroxyl groups excluding tert-OH is 1. The zero-order chi connectivity index (χ0) is 23.3. The molecule has 0 amide bonds. The monoisotopic (exact) mass is 456 g/mol. The Morgan fingerprint density at radius 3 is 2.24 bits per heavy atom. The highest BCUT2D eigenvalue weighted by molar-refractivity contribution is 5.89. The van der Waals surface area contributed by atoms with E-state index in [0.29, 0.717) is 18.8 Å². The van der Waals surface area contributed by atoms with Gasteiger partial charge in [-0.25, -0.2) is 4.79 Å². The summed E-state index contributed by atoms with van der Waals surface area (Å²) in [5.41, 5.74) is 1.43. The number of rotatable bonds is 14. The van der Waals surface area contributed by atoms with Gasteiger partial charge in [-0.3, -0.25) is 0 Å². The highest BCUT2D eigenvalue weighted by Crippen LogP contribution is 2.29. The lowest BCUT2D eigenvalue weighted by Crippen LogP contribution is -2.40. The molecule has 0 aromatic heterocycles. The van der Waals surface area contributed by atoms with Gasteiger partial charge in [-0.2, -0.15) is 0 Å². The Hall–Kier alpha value is -2.25. The van der Waals surface area contributed by atoms with Gasteiger partial charge in [0.05, 0.1) is 18.8 Å². The molecule has 0 saturated carbocycles. The zero-order valence-electron chi connectivity index (χ0n) is 19.4. The van der Waals surface area contributed by atoms with E-state index in [0.717, 1.165) is 18.4 Å². The van der Waals surface area contributed by atoms with Gasteiger partial charge in [0, 0.05) is 6.61 Å². The largest absolute Gasteiger partial charge is 0.450 e. The molecule has 3 rings (SSSR count). The van der Waals surface area contributed by atoms with Crippen molar-refractivity contribution in [3.8, 4) is 0 Å². The van der Waals surface area contributed by atoms with E-state index in [1.165, 1.54) is 25.7 Å². The molecule has 1 N–H and O–H groups in total. The van der Waals surface area contributed by atoms with Crippen molar-refractivity contribution in [3.63, 3.8) is 0 Å². The summed E-state index contributed by atoms with van der Waals surface area (Å²) >= 11 is 0. The van der Waals surface area contributed by atoms with Crippen LogP contribution in [0.3, 0.4) is 0 Å². The van der Waals surface area contributed by atoms with Crippen LogP contribution in [0.1, 0.15) is 61.4 Å². The minimum atomic E-state index is -0.786. The van der Waals surface area contributed by atoms with Crippen molar-refractivity contribution in [2.24, 2.45) is 0 Å². The second-order valence-corrected chi connectivity index (χ2v) is 8.36. The normalized spacial score (nSPS) is 22.4. The molecule has 180 valence electrons. The molecule has 2 aromatic carbocycles. The van der Waals surface area contributed by atoms with E-state index in [1.54, 1.807) is 24.3 Å². The molecule has 33 heavy (non-hydrogen) atoms. The third-order valence-corrected chi connectivity index (χ3v) is 5.77. The van der Waals surface area contributed by atoms with Crippen LogP contribution in [0.2, 0.25) is 0 Å². The quantitative estimate of drug-likeness (QED) is 0.322. The minimum Gasteiger partial charge on any atom is -0.450 e. The summed E-state index contributed by atoms with van der Waals surface area (Å²) in [6.45, 7) is 2.76. The third kappa shape index (κ3) is 7.93. The molecule has 2 aromatic rings. The fraction of sp³-hybridized carbons (Fsp3) is 0.519. The number of aliphatic hydroxyl groups is 1. The molecule has 0 bridgehead atoms. The third-order valence-electron chi connectivity index (χ3n) is 5.77. The van der Waals surface area contributed by atoms with Crippen LogP contribution in [0.15, 0.2) is 60.7 Å². The number of carbonyl (C=O) groups excluding carboxylic acids is 1. The zero-order valence-corrected chi connectivity index (χ0v) is 19.4. The number of ether oxygens (including phenoxy) is 4. The van der Waals surface area contributed by atoms with E-state index in [2.05, 4.69) is 6.92 Å². The van der Waals surface area contributed by atoms with Crippen molar-refractivity contribution in [1.29, 1.82) is 0 Å². The molecule has 4 atom stereocenters. The Morgan fingerprint density at radius 2 is 1.55 bits per heavy atom. The molecular weight excluding hydrogens is 420 g/mol. The maximum absolute atomic E-state index is 12.8. The number of unbranched alkanes of at least 4 members (excludes halogenated alkanes) is 5. The molecule has 1 aliphatic rings. The van der Waals surface area contributed by atoms with Gasteiger partial charge in [-0.05, 0) is 24.1 Å². The predicted molar refractivity (Wildman–Crippen MR) is 126 cm³/mol. The number of hydrogen-bond donors (Lipinski definition) is 1. The van der Waals surface area contributed by atoms with Crippen LogP contribution in [0.4, 0.5) is 0 Å². The Labute approximate surface area is 196 Å². The topological polar surface area (TPSA) is 74.2 Å².